The van der Waals surface area contributed by atoms with E-state index in [0.717, 1.165) is 50.5 Å². The van der Waals surface area contributed by atoms with Crippen molar-refractivity contribution in [2.75, 3.05) is 57.9 Å². The molecule has 0 bridgehead atoms. The van der Waals surface area contributed by atoms with E-state index in [1.165, 1.54) is 0 Å². The zero-order valence-corrected chi connectivity index (χ0v) is 14.6. The number of morpholine rings is 1. The summed E-state index contributed by atoms with van der Waals surface area (Å²) in [6.45, 7) is 7.18. The van der Waals surface area contributed by atoms with E-state index in [9.17, 15) is 4.79 Å². The number of likely N-dealkylation sites (tertiary alicyclic amines) is 1. The van der Waals surface area contributed by atoms with Crippen LogP contribution in [0.4, 0.5) is 5.95 Å². The molecule has 1 aromatic rings. The van der Waals surface area contributed by atoms with Crippen molar-refractivity contribution in [3.63, 3.8) is 0 Å². The molecule has 2 aliphatic heterocycles. The molecule has 2 saturated heterocycles. The van der Waals surface area contributed by atoms with Crippen LogP contribution in [-0.2, 0) is 9.53 Å². The number of aryl methyl sites for hydroxylation is 1. The Kier molecular flexibility index (Phi) is 5.63. The average Bonchev–Trinajstić information content (AvgIpc) is 2.63. The van der Waals surface area contributed by atoms with E-state index in [2.05, 4.69) is 26.8 Å². The van der Waals surface area contributed by atoms with Gasteiger partial charge in [0.05, 0.1) is 19.8 Å². The molecule has 1 aromatic heterocycles. The van der Waals surface area contributed by atoms with E-state index in [1.807, 2.05) is 24.2 Å². The van der Waals surface area contributed by atoms with Crippen molar-refractivity contribution in [1.29, 1.82) is 0 Å². The Bertz CT molecular complexity index is 536. The van der Waals surface area contributed by atoms with Crippen LogP contribution in [0.3, 0.4) is 0 Å². The van der Waals surface area contributed by atoms with Crippen molar-refractivity contribution < 1.29 is 9.53 Å². The standard InChI is InChI=1S/C17H27N5O2/c1-14-11-18-17(19-12-14)20(2)15-3-5-21(6-4-15)13-16(23)22-7-9-24-10-8-22/h11-12,15H,3-10,13H2,1-2H3. The summed E-state index contributed by atoms with van der Waals surface area (Å²) in [4.78, 5) is 27.5. The Labute approximate surface area is 143 Å². The molecule has 3 rings (SSSR count). The van der Waals surface area contributed by atoms with Crippen LogP contribution < -0.4 is 4.90 Å². The fraction of sp³-hybridized carbons (Fsp3) is 0.706. The van der Waals surface area contributed by atoms with Crippen molar-refractivity contribution in [1.82, 2.24) is 19.8 Å². The molecule has 0 atom stereocenters. The summed E-state index contributed by atoms with van der Waals surface area (Å²) >= 11 is 0. The minimum atomic E-state index is 0.229. The van der Waals surface area contributed by atoms with Crippen molar-refractivity contribution in [3.8, 4) is 0 Å². The summed E-state index contributed by atoms with van der Waals surface area (Å²) in [7, 11) is 2.06. The molecular formula is C17H27N5O2. The van der Waals surface area contributed by atoms with Crippen molar-refractivity contribution >= 4 is 11.9 Å². The molecule has 0 radical (unpaired) electrons. The zero-order valence-electron chi connectivity index (χ0n) is 14.6. The first-order valence-electron chi connectivity index (χ1n) is 8.73. The smallest absolute Gasteiger partial charge is 0.236 e. The summed E-state index contributed by atoms with van der Waals surface area (Å²) < 4.78 is 5.30. The van der Waals surface area contributed by atoms with Gasteiger partial charge in [0.1, 0.15) is 0 Å². The number of amides is 1. The third kappa shape index (κ3) is 4.21. The molecule has 1 amide bonds. The Morgan fingerprint density at radius 2 is 1.83 bits per heavy atom. The van der Waals surface area contributed by atoms with Gasteiger partial charge in [-0.1, -0.05) is 0 Å². The Morgan fingerprint density at radius 1 is 1.21 bits per heavy atom. The number of carbonyl (C=O) groups excluding carboxylic acids is 1. The highest BCUT2D eigenvalue weighted by atomic mass is 16.5. The molecule has 7 heteroatoms. The van der Waals surface area contributed by atoms with E-state index in [0.29, 0.717) is 25.8 Å². The summed E-state index contributed by atoms with van der Waals surface area (Å²) in [5.74, 6) is 1.01. The number of hydrogen-bond acceptors (Lipinski definition) is 6. The lowest BCUT2D eigenvalue weighted by molar-refractivity contribution is -0.136. The average molecular weight is 333 g/mol. The summed E-state index contributed by atoms with van der Waals surface area (Å²) in [6, 6.07) is 0.433. The first kappa shape index (κ1) is 17.1. The summed E-state index contributed by atoms with van der Waals surface area (Å²) in [5, 5.41) is 0. The maximum atomic E-state index is 12.3. The Morgan fingerprint density at radius 3 is 2.46 bits per heavy atom. The minimum Gasteiger partial charge on any atom is -0.378 e. The predicted molar refractivity (Wildman–Crippen MR) is 92.0 cm³/mol. The molecule has 2 fully saturated rings. The number of hydrogen-bond donors (Lipinski definition) is 0. The number of ether oxygens (including phenoxy) is 1. The van der Waals surface area contributed by atoms with Crippen LogP contribution in [0.2, 0.25) is 0 Å². The van der Waals surface area contributed by atoms with Crippen molar-refractivity contribution in [2.45, 2.75) is 25.8 Å². The van der Waals surface area contributed by atoms with Gasteiger partial charge in [-0.3, -0.25) is 9.69 Å². The van der Waals surface area contributed by atoms with E-state index in [1.54, 1.807) is 0 Å². The van der Waals surface area contributed by atoms with Gasteiger partial charge in [0, 0.05) is 51.7 Å². The largest absolute Gasteiger partial charge is 0.378 e. The van der Waals surface area contributed by atoms with Crippen molar-refractivity contribution in [2.24, 2.45) is 0 Å². The maximum absolute atomic E-state index is 12.3. The van der Waals surface area contributed by atoms with Gasteiger partial charge in [0.2, 0.25) is 11.9 Å². The van der Waals surface area contributed by atoms with E-state index < -0.39 is 0 Å². The third-order valence-electron chi connectivity index (χ3n) is 4.91. The molecule has 3 heterocycles. The third-order valence-corrected chi connectivity index (χ3v) is 4.91. The summed E-state index contributed by atoms with van der Waals surface area (Å²) in [5.41, 5.74) is 1.07. The number of anilines is 1. The topological polar surface area (TPSA) is 61.8 Å². The van der Waals surface area contributed by atoms with Gasteiger partial charge in [-0.2, -0.15) is 0 Å². The number of rotatable bonds is 4. The van der Waals surface area contributed by atoms with Crippen molar-refractivity contribution in [3.05, 3.63) is 18.0 Å². The Balaban J connectivity index is 1.46. The van der Waals surface area contributed by atoms with Gasteiger partial charge in [-0.15, -0.1) is 0 Å². The summed E-state index contributed by atoms with van der Waals surface area (Å²) in [6.07, 6.45) is 5.78. The second kappa shape index (κ2) is 7.90. The predicted octanol–water partition coefficient (Wildman–Crippen LogP) is 0.544. The molecule has 0 saturated carbocycles. The molecule has 2 aliphatic rings. The van der Waals surface area contributed by atoms with Crippen LogP contribution in [0.1, 0.15) is 18.4 Å². The van der Waals surface area contributed by atoms with Crippen LogP contribution in [-0.4, -0.2) is 84.7 Å². The highest BCUT2D eigenvalue weighted by molar-refractivity contribution is 5.78. The first-order valence-corrected chi connectivity index (χ1v) is 8.73. The second-order valence-corrected chi connectivity index (χ2v) is 6.67. The SMILES string of the molecule is Cc1cnc(N(C)C2CCN(CC(=O)N3CCOCC3)CC2)nc1. The van der Waals surface area contributed by atoms with Gasteiger partial charge in [0.15, 0.2) is 0 Å². The van der Waals surface area contributed by atoms with Gasteiger partial charge >= 0.3 is 0 Å². The van der Waals surface area contributed by atoms with Crippen LogP contribution in [0.25, 0.3) is 0 Å². The molecule has 0 aliphatic carbocycles. The first-order chi connectivity index (χ1) is 11.6. The van der Waals surface area contributed by atoms with E-state index in [-0.39, 0.29) is 5.91 Å². The lowest BCUT2D eigenvalue weighted by Crippen LogP contribution is -2.49. The van der Waals surface area contributed by atoms with Gasteiger partial charge in [-0.25, -0.2) is 9.97 Å². The number of nitrogens with zero attached hydrogens (tertiary/aromatic N) is 5. The molecule has 24 heavy (non-hydrogen) atoms. The van der Waals surface area contributed by atoms with E-state index >= 15 is 0 Å². The zero-order chi connectivity index (χ0) is 16.9. The van der Waals surface area contributed by atoms with Gasteiger partial charge in [0.25, 0.3) is 0 Å². The number of carbonyl (C=O) groups is 1. The van der Waals surface area contributed by atoms with Crippen LogP contribution >= 0.6 is 0 Å². The lowest BCUT2D eigenvalue weighted by atomic mass is 10.0. The fourth-order valence-electron chi connectivity index (χ4n) is 3.30. The highest BCUT2D eigenvalue weighted by Crippen LogP contribution is 2.19. The number of aromatic nitrogens is 2. The van der Waals surface area contributed by atoms with E-state index in [4.69, 9.17) is 4.74 Å². The van der Waals surface area contributed by atoms with Gasteiger partial charge < -0.3 is 14.5 Å². The minimum absolute atomic E-state index is 0.229. The lowest BCUT2D eigenvalue weighted by Gasteiger charge is -2.37. The number of piperidine rings is 1. The molecule has 0 spiro atoms. The monoisotopic (exact) mass is 333 g/mol. The second-order valence-electron chi connectivity index (χ2n) is 6.67. The fourth-order valence-corrected chi connectivity index (χ4v) is 3.30. The molecule has 0 N–H and O–H groups in total. The molecule has 0 unspecified atom stereocenters. The van der Waals surface area contributed by atoms with Crippen LogP contribution in [0.15, 0.2) is 12.4 Å². The molecule has 132 valence electrons. The molecular weight excluding hydrogens is 306 g/mol. The molecule has 0 aromatic carbocycles. The Hall–Kier alpha value is -1.73. The van der Waals surface area contributed by atoms with Crippen LogP contribution in [0, 0.1) is 6.92 Å². The van der Waals surface area contributed by atoms with Crippen LogP contribution in [0.5, 0.6) is 0 Å². The van der Waals surface area contributed by atoms with Gasteiger partial charge in [-0.05, 0) is 25.3 Å². The normalized spacial score (nSPS) is 20.2. The molecule has 7 nitrogen and oxygen atoms in total. The highest BCUT2D eigenvalue weighted by Gasteiger charge is 2.26. The quantitative estimate of drug-likeness (QED) is 0.802. The maximum Gasteiger partial charge on any atom is 0.236 e.